The number of fused-ring (bicyclic) bond motifs is 3. The summed E-state index contributed by atoms with van der Waals surface area (Å²) in [4.78, 5) is 15.0. The molecule has 0 unspecified atom stereocenters. The molecule has 2 N–H and O–H groups in total. The van der Waals surface area contributed by atoms with Crippen LogP contribution in [0.5, 0.6) is 0 Å². The van der Waals surface area contributed by atoms with E-state index in [1.54, 1.807) is 18.6 Å². The minimum atomic E-state index is -0.255. The molecule has 20 heavy (non-hydrogen) atoms. The molecule has 0 aliphatic heterocycles. The number of nitrogens with zero attached hydrogens (tertiary/aromatic N) is 2. The molecular weight excluding hydrogens is 255 g/mol. The van der Waals surface area contributed by atoms with Crippen LogP contribution in [0.15, 0.2) is 36.8 Å². The van der Waals surface area contributed by atoms with Crippen LogP contribution in [-0.2, 0) is 0 Å². The molecule has 0 saturated carbocycles. The summed E-state index contributed by atoms with van der Waals surface area (Å²) in [5.41, 5.74) is 4.18. The van der Waals surface area contributed by atoms with E-state index >= 15 is 0 Å². The lowest BCUT2D eigenvalue weighted by atomic mass is 10.1. The van der Waals surface area contributed by atoms with Crippen molar-refractivity contribution < 1.29 is 4.39 Å². The van der Waals surface area contributed by atoms with E-state index in [0.29, 0.717) is 0 Å². The predicted molar refractivity (Wildman–Crippen MR) is 75.9 cm³/mol. The molecule has 1 aromatic carbocycles. The normalized spacial score (nSPS) is 11.5. The minimum absolute atomic E-state index is 0.255. The Kier molecular flexibility index (Phi) is 2.18. The first-order chi connectivity index (χ1) is 9.74. The number of aromatic amines is 2. The van der Waals surface area contributed by atoms with Gasteiger partial charge in [-0.25, -0.2) is 9.37 Å². The zero-order valence-corrected chi connectivity index (χ0v) is 10.7. The second-order valence-electron chi connectivity index (χ2n) is 4.77. The van der Waals surface area contributed by atoms with Gasteiger partial charge in [-0.3, -0.25) is 4.98 Å². The summed E-state index contributed by atoms with van der Waals surface area (Å²) < 4.78 is 13.4. The predicted octanol–water partition coefficient (Wildman–Crippen LogP) is 3.55. The van der Waals surface area contributed by atoms with Gasteiger partial charge in [-0.2, -0.15) is 0 Å². The SMILES string of the molecule is Cc1[nH]cnc1-c1nccc2c1[nH]c1cc(F)ccc12. The van der Waals surface area contributed by atoms with Crippen molar-refractivity contribution in [3.8, 4) is 11.4 Å². The highest BCUT2D eigenvalue weighted by Gasteiger charge is 2.14. The first kappa shape index (κ1) is 11.2. The smallest absolute Gasteiger partial charge is 0.125 e. The fourth-order valence-electron chi connectivity index (χ4n) is 2.58. The van der Waals surface area contributed by atoms with Crippen LogP contribution >= 0.6 is 0 Å². The Morgan fingerprint density at radius 2 is 1.95 bits per heavy atom. The van der Waals surface area contributed by atoms with Crippen LogP contribution in [0.25, 0.3) is 33.2 Å². The summed E-state index contributed by atoms with van der Waals surface area (Å²) in [6, 6.07) is 6.67. The number of pyridine rings is 1. The highest BCUT2D eigenvalue weighted by molar-refractivity contribution is 6.10. The van der Waals surface area contributed by atoms with Gasteiger partial charge in [0.05, 0.1) is 11.8 Å². The summed E-state index contributed by atoms with van der Waals surface area (Å²) in [6.07, 6.45) is 3.40. The maximum atomic E-state index is 13.4. The van der Waals surface area contributed by atoms with E-state index in [4.69, 9.17) is 0 Å². The number of rotatable bonds is 1. The second kappa shape index (κ2) is 3.90. The zero-order chi connectivity index (χ0) is 13.7. The first-order valence-electron chi connectivity index (χ1n) is 6.30. The molecule has 5 heteroatoms. The molecule has 4 rings (SSSR count). The van der Waals surface area contributed by atoms with Gasteiger partial charge in [-0.05, 0) is 31.2 Å². The molecule has 3 heterocycles. The molecule has 0 saturated heterocycles. The van der Waals surface area contributed by atoms with Crippen LogP contribution in [0.4, 0.5) is 4.39 Å². The molecule has 0 radical (unpaired) electrons. The van der Waals surface area contributed by atoms with E-state index in [9.17, 15) is 4.39 Å². The van der Waals surface area contributed by atoms with Crippen LogP contribution in [0.1, 0.15) is 5.69 Å². The van der Waals surface area contributed by atoms with Crippen molar-refractivity contribution in [3.63, 3.8) is 0 Å². The summed E-state index contributed by atoms with van der Waals surface area (Å²) in [5.74, 6) is -0.255. The Balaban J connectivity index is 2.13. The van der Waals surface area contributed by atoms with Crippen molar-refractivity contribution in [1.29, 1.82) is 0 Å². The first-order valence-corrected chi connectivity index (χ1v) is 6.30. The van der Waals surface area contributed by atoms with E-state index < -0.39 is 0 Å². The maximum Gasteiger partial charge on any atom is 0.125 e. The van der Waals surface area contributed by atoms with E-state index in [1.165, 1.54) is 12.1 Å². The molecule has 0 bridgehead atoms. The Hall–Kier alpha value is -2.69. The number of benzene rings is 1. The second-order valence-corrected chi connectivity index (χ2v) is 4.77. The molecule has 4 aromatic rings. The van der Waals surface area contributed by atoms with E-state index in [1.807, 2.05) is 13.0 Å². The van der Waals surface area contributed by atoms with Crippen molar-refractivity contribution in [1.82, 2.24) is 19.9 Å². The van der Waals surface area contributed by atoms with Gasteiger partial charge >= 0.3 is 0 Å². The van der Waals surface area contributed by atoms with Crippen molar-refractivity contribution in [3.05, 3.63) is 48.3 Å². The van der Waals surface area contributed by atoms with E-state index in [2.05, 4.69) is 19.9 Å². The fraction of sp³-hybridized carbons (Fsp3) is 0.0667. The highest BCUT2D eigenvalue weighted by Crippen LogP contribution is 2.31. The molecule has 0 atom stereocenters. The van der Waals surface area contributed by atoms with Crippen LogP contribution in [-0.4, -0.2) is 19.9 Å². The number of hydrogen-bond acceptors (Lipinski definition) is 2. The van der Waals surface area contributed by atoms with Crippen LogP contribution in [0.3, 0.4) is 0 Å². The van der Waals surface area contributed by atoms with Gasteiger partial charge < -0.3 is 9.97 Å². The Labute approximate surface area is 113 Å². The Morgan fingerprint density at radius 1 is 1.05 bits per heavy atom. The lowest BCUT2D eigenvalue weighted by Gasteiger charge is -2.00. The van der Waals surface area contributed by atoms with Crippen molar-refractivity contribution in [2.24, 2.45) is 0 Å². The Morgan fingerprint density at radius 3 is 2.75 bits per heavy atom. The van der Waals surface area contributed by atoms with Gasteiger partial charge in [-0.15, -0.1) is 0 Å². The molecule has 98 valence electrons. The number of halogens is 1. The zero-order valence-electron chi connectivity index (χ0n) is 10.7. The van der Waals surface area contributed by atoms with Crippen molar-refractivity contribution >= 4 is 21.8 Å². The molecule has 0 spiro atoms. The van der Waals surface area contributed by atoms with Gasteiger partial charge in [0, 0.05) is 28.2 Å². The van der Waals surface area contributed by atoms with Crippen molar-refractivity contribution in [2.75, 3.05) is 0 Å². The fourth-order valence-corrected chi connectivity index (χ4v) is 2.58. The largest absolute Gasteiger partial charge is 0.353 e. The third-order valence-corrected chi connectivity index (χ3v) is 3.54. The maximum absolute atomic E-state index is 13.4. The number of aryl methyl sites for hydroxylation is 1. The van der Waals surface area contributed by atoms with Gasteiger partial charge in [-0.1, -0.05) is 0 Å². The van der Waals surface area contributed by atoms with Gasteiger partial charge in [0.25, 0.3) is 0 Å². The summed E-state index contributed by atoms with van der Waals surface area (Å²) in [6.45, 7) is 1.95. The van der Waals surface area contributed by atoms with Crippen LogP contribution in [0.2, 0.25) is 0 Å². The summed E-state index contributed by atoms with van der Waals surface area (Å²) >= 11 is 0. The standard InChI is InChI=1S/C15H11FN4/c1-8-13(19-7-18-8)15-14-11(4-5-17-15)10-3-2-9(16)6-12(10)20-14/h2-7,20H,1H3,(H,18,19). The lowest BCUT2D eigenvalue weighted by molar-refractivity contribution is 0.629. The third-order valence-electron chi connectivity index (χ3n) is 3.54. The number of nitrogens with one attached hydrogen (secondary N) is 2. The topological polar surface area (TPSA) is 57.4 Å². The quantitative estimate of drug-likeness (QED) is 0.553. The number of H-pyrrole nitrogens is 2. The highest BCUT2D eigenvalue weighted by atomic mass is 19.1. The molecule has 3 aromatic heterocycles. The molecule has 0 fully saturated rings. The molecule has 0 amide bonds. The summed E-state index contributed by atoms with van der Waals surface area (Å²) in [5, 5.41) is 2.01. The average Bonchev–Trinajstić information content (AvgIpc) is 3.01. The van der Waals surface area contributed by atoms with Crippen molar-refractivity contribution in [2.45, 2.75) is 6.92 Å². The van der Waals surface area contributed by atoms with Gasteiger partial charge in [0.15, 0.2) is 0 Å². The van der Waals surface area contributed by atoms with Crippen LogP contribution in [0, 0.1) is 12.7 Å². The number of hydrogen-bond donors (Lipinski definition) is 2. The monoisotopic (exact) mass is 266 g/mol. The number of imidazole rings is 1. The average molecular weight is 266 g/mol. The lowest BCUT2D eigenvalue weighted by Crippen LogP contribution is -1.87. The van der Waals surface area contributed by atoms with Gasteiger partial charge in [0.1, 0.15) is 17.2 Å². The van der Waals surface area contributed by atoms with E-state index in [0.717, 1.165) is 38.9 Å². The van der Waals surface area contributed by atoms with E-state index in [-0.39, 0.29) is 5.82 Å². The minimum Gasteiger partial charge on any atom is -0.353 e. The Bertz CT molecular complexity index is 936. The van der Waals surface area contributed by atoms with Crippen LogP contribution < -0.4 is 0 Å². The third kappa shape index (κ3) is 1.46. The number of aromatic nitrogens is 4. The molecule has 0 aliphatic rings. The van der Waals surface area contributed by atoms with Gasteiger partial charge in [0.2, 0.25) is 0 Å². The molecular formula is C15H11FN4. The molecule has 4 nitrogen and oxygen atoms in total. The summed E-state index contributed by atoms with van der Waals surface area (Å²) in [7, 11) is 0. The molecule has 0 aliphatic carbocycles.